The number of nitrogens with one attached hydrogen (secondary N) is 1. The van der Waals surface area contributed by atoms with Gasteiger partial charge >= 0.3 is 5.97 Å². The van der Waals surface area contributed by atoms with E-state index in [4.69, 9.17) is 0 Å². The minimum Gasteiger partial charge on any atom is -0.481 e. The summed E-state index contributed by atoms with van der Waals surface area (Å²) in [5, 5.41) is 16.4. The molecule has 2 rings (SSSR count). The number of rotatable bonds is 6. The molecule has 21 heavy (non-hydrogen) atoms. The molecular weight excluding hydrogens is 270 g/mol. The van der Waals surface area contributed by atoms with Gasteiger partial charge in [-0.05, 0) is 18.9 Å². The van der Waals surface area contributed by atoms with E-state index < -0.39 is 11.4 Å². The third-order valence-corrected chi connectivity index (χ3v) is 4.27. The number of carbonyl (C=O) groups is 2. The Morgan fingerprint density at radius 1 is 1.24 bits per heavy atom. The fourth-order valence-corrected chi connectivity index (χ4v) is 2.88. The van der Waals surface area contributed by atoms with Crippen molar-refractivity contribution in [2.75, 3.05) is 6.54 Å². The van der Waals surface area contributed by atoms with Crippen LogP contribution in [0.2, 0.25) is 0 Å². The Labute approximate surface area is 124 Å². The van der Waals surface area contributed by atoms with Crippen LogP contribution in [0.3, 0.4) is 0 Å². The first-order chi connectivity index (χ1) is 10.1. The standard InChI is InChI=1S/C15H23N3O3/c19-13(6-11-18-10-5-9-17-18)16-12-15(14(20)21)7-3-1-2-4-8-15/h5,9-10H,1-4,6-8,11-12H2,(H,16,19)(H,20,21). The van der Waals surface area contributed by atoms with Gasteiger partial charge in [-0.1, -0.05) is 25.7 Å². The molecule has 0 spiro atoms. The summed E-state index contributed by atoms with van der Waals surface area (Å²) in [4.78, 5) is 23.5. The molecule has 2 N–H and O–H groups in total. The Kier molecular flexibility index (Phi) is 5.36. The van der Waals surface area contributed by atoms with Gasteiger partial charge in [-0.3, -0.25) is 14.3 Å². The Morgan fingerprint density at radius 3 is 2.52 bits per heavy atom. The molecule has 1 aromatic heterocycles. The van der Waals surface area contributed by atoms with Gasteiger partial charge < -0.3 is 10.4 Å². The predicted molar refractivity (Wildman–Crippen MR) is 77.6 cm³/mol. The quantitative estimate of drug-likeness (QED) is 0.783. The molecule has 1 amide bonds. The van der Waals surface area contributed by atoms with Crippen molar-refractivity contribution in [3.05, 3.63) is 18.5 Å². The Balaban J connectivity index is 1.83. The second-order valence-corrected chi connectivity index (χ2v) is 5.80. The van der Waals surface area contributed by atoms with Gasteiger partial charge in [0.1, 0.15) is 0 Å². The van der Waals surface area contributed by atoms with Crippen LogP contribution >= 0.6 is 0 Å². The third-order valence-electron chi connectivity index (χ3n) is 4.27. The summed E-state index contributed by atoms with van der Waals surface area (Å²) in [5.41, 5.74) is -0.780. The predicted octanol–water partition coefficient (Wildman–Crippen LogP) is 1.81. The molecule has 1 aliphatic rings. The fourth-order valence-electron chi connectivity index (χ4n) is 2.88. The van der Waals surface area contributed by atoms with E-state index in [9.17, 15) is 14.7 Å². The van der Waals surface area contributed by atoms with Gasteiger partial charge in [-0.15, -0.1) is 0 Å². The lowest BCUT2D eigenvalue weighted by atomic mass is 9.80. The van der Waals surface area contributed by atoms with Gasteiger partial charge in [-0.25, -0.2) is 0 Å². The van der Waals surface area contributed by atoms with Crippen LogP contribution in [-0.2, 0) is 16.1 Å². The van der Waals surface area contributed by atoms with Crippen LogP contribution in [0.1, 0.15) is 44.9 Å². The van der Waals surface area contributed by atoms with Crippen molar-refractivity contribution < 1.29 is 14.7 Å². The lowest BCUT2D eigenvalue weighted by Crippen LogP contribution is -2.43. The van der Waals surface area contributed by atoms with Crippen molar-refractivity contribution in [1.82, 2.24) is 15.1 Å². The zero-order valence-electron chi connectivity index (χ0n) is 12.3. The molecule has 0 radical (unpaired) electrons. The van der Waals surface area contributed by atoms with Crippen LogP contribution in [0.15, 0.2) is 18.5 Å². The highest BCUT2D eigenvalue weighted by atomic mass is 16.4. The average Bonchev–Trinajstić information content (AvgIpc) is 2.87. The van der Waals surface area contributed by atoms with E-state index in [1.807, 2.05) is 6.07 Å². The highest BCUT2D eigenvalue weighted by molar-refractivity contribution is 5.79. The van der Waals surface area contributed by atoms with E-state index in [2.05, 4.69) is 10.4 Å². The van der Waals surface area contributed by atoms with Gasteiger partial charge in [0, 0.05) is 31.9 Å². The van der Waals surface area contributed by atoms with E-state index in [1.54, 1.807) is 17.1 Å². The molecule has 0 saturated heterocycles. The minimum atomic E-state index is -0.781. The van der Waals surface area contributed by atoms with Crippen LogP contribution in [0, 0.1) is 5.41 Å². The molecule has 1 heterocycles. The number of aryl methyl sites for hydroxylation is 1. The zero-order valence-corrected chi connectivity index (χ0v) is 12.3. The zero-order chi connectivity index (χ0) is 15.1. The first-order valence-electron chi connectivity index (χ1n) is 7.60. The normalized spacial score (nSPS) is 17.9. The summed E-state index contributed by atoms with van der Waals surface area (Å²) < 4.78 is 1.69. The molecule has 0 aliphatic heterocycles. The first kappa shape index (κ1) is 15.5. The van der Waals surface area contributed by atoms with Gasteiger partial charge in [0.2, 0.25) is 5.91 Å². The molecule has 116 valence electrons. The maximum absolute atomic E-state index is 11.9. The molecule has 0 atom stereocenters. The lowest BCUT2D eigenvalue weighted by molar-refractivity contribution is -0.149. The number of carboxylic acid groups (broad SMARTS) is 1. The maximum atomic E-state index is 11.9. The summed E-state index contributed by atoms with van der Waals surface area (Å²) in [7, 11) is 0. The summed E-state index contributed by atoms with van der Waals surface area (Å²) in [6.45, 7) is 0.749. The van der Waals surface area contributed by atoms with Gasteiger partial charge in [0.05, 0.1) is 5.41 Å². The van der Waals surface area contributed by atoms with Crippen molar-refractivity contribution in [1.29, 1.82) is 0 Å². The van der Waals surface area contributed by atoms with E-state index in [0.717, 1.165) is 25.7 Å². The third kappa shape index (κ3) is 4.31. The maximum Gasteiger partial charge on any atom is 0.311 e. The number of hydrogen-bond acceptors (Lipinski definition) is 3. The lowest BCUT2D eigenvalue weighted by Gasteiger charge is -2.28. The molecule has 1 aliphatic carbocycles. The van der Waals surface area contributed by atoms with Crippen LogP contribution < -0.4 is 5.32 Å². The number of carboxylic acids is 1. The second-order valence-electron chi connectivity index (χ2n) is 5.80. The topological polar surface area (TPSA) is 84.2 Å². The van der Waals surface area contributed by atoms with Gasteiger partial charge in [-0.2, -0.15) is 5.10 Å². The van der Waals surface area contributed by atoms with E-state index in [0.29, 0.717) is 25.8 Å². The smallest absolute Gasteiger partial charge is 0.311 e. The molecule has 0 bridgehead atoms. The molecule has 0 aromatic carbocycles. The van der Waals surface area contributed by atoms with Crippen LogP contribution in [0.4, 0.5) is 0 Å². The summed E-state index contributed by atoms with van der Waals surface area (Å²) in [6.07, 6.45) is 9.12. The summed E-state index contributed by atoms with van der Waals surface area (Å²) in [6, 6.07) is 1.81. The molecule has 1 fully saturated rings. The van der Waals surface area contributed by atoms with E-state index in [1.165, 1.54) is 0 Å². The van der Waals surface area contributed by atoms with Crippen LogP contribution in [0.25, 0.3) is 0 Å². The molecule has 6 heteroatoms. The number of nitrogens with zero attached hydrogens (tertiary/aromatic N) is 2. The highest BCUT2D eigenvalue weighted by Crippen LogP contribution is 2.34. The monoisotopic (exact) mass is 293 g/mol. The second kappa shape index (κ2) is 7.24. The SMILES string of the molecule is O=C(CCn1cccn1)NCC1(C(=O)O)CCCCCC1. The van der Waals surface area contributed by atoms with Crippen LogP contribution in [0.5, 0.6) is 0 Å². The van der Waals surface area contributed by atoms with Gasteiger partial charge in [0.15, 0.2) is 0 Å². The largest absolute Gasteiger partial charge is 0.481 e. The minimum absolute atomic E-state index is 0.115. The van der Waals surface area contributed by atoms with Crippen molar-refractivity contribution in [2.45, 2.75) is 51.5 Å². The molecule has 1 aromatic rings. The van der Waals surface area contributed by atoms with E-state index in [-0.39, 0.29) is 12.5 Å². The number of carbonyl (C=O) groups excluding carboxylic acids is 1. The molecular formula is C15H23N3O3. The number of aliphatic carboxylic acids is 1. The van der Waals surface area contributed by atoms with E-state index >= 15 is 0 Å². The first-order valence-corrected chi connectivity index (χ1v) is 7.60. The highest BCUT2D eigenvalue weighted by Gasteiger charge is 2.38. The van der Waals surface area contributed by atoms with Gasteiger partial charge in [0.25, 0.3) is 0 Å². The van der Waals surface area contributed by atoms with Crippen molar-refractivity contribution in [2.24, 2.45) is 5.41 Å². The Hall–Kier alpha value is -1.85. The average molecular weight is 293 g/mol. The number of amides is 1. The Morgan fingerprint density at radius 2 is 1.95 bits per heavy atom. The number of hydrogen-bond donors (Lipinski definition) is 2. The van der Waals surface area contributed by atoms with Crippen molar-refractivity contribution in [3.8, 4) is 0 Å². The number of aromatic nitrogens is 2. The fraction of sp³-hybridized carbons (Fsp3) is 0.667. The summed E-state index contributed by atoms with van der Waals surface area (Å²) >= 11 is 0. The Bertz CT molecular complexity index is 463. The molecule has 1 saturated carbocycles. The van der Waals surface area contributed by atoms with Crippen molar-refractivity contribution in [3.63, 3.8) is 0 Å². The van der Waals surface area contributed by atoms with Crippen molar-refractivity contribution >= 4 is 11.9 Å². The molecule has 0 unspecified atom stereocenters. The van der Waals surface area contributed by atoms with Crippen LogP contribution in [-0.4, -0.2) is 33.3 Å². The molecule has 6 nitrogen and oxygen atoms in total. The summed E-state index contributed by atoms with van der Waals surface area (Å²) in [5.74, 6) is -0.896.